The lowest BCUT2D eigenvalue weighted by atomic mass is 9.78. The summed E-state index contributed by atoms with van der Waals surface area (Å²) in [5.41, 5.74) is 2.64. The molecule has 0 bridgehead atoms. The van der Waals surface area contributed by atoms with E-state index in [1.54, 1.807) is 0 Å². The maximum absolute atomic E-state index is 5.49. The van der Waals surface area contributed by atoms with Crippen LogP contribution in [-0.2, 0) is 0 Å². The Morgan fingerprint density at radius 2 is 2.00 bits per heavy atom. The average Bonchev–Trinajstić information content (AvgIpc) is 2.46. The molecule has 5 heteroatoms. The third-order valence-corrected chi connectivity index (χ3v) is 4.51. The maximum atomic E-state index is 5.49. The minimum atomic E-state index is 0.669. The van der Waals surface area contributed by atoms with E-state index >= 15 is 0 Å². The van der Waals surface area contributed by atoms with Crippen LogP contribution in [0.2, 0.25) is 0 Å². The summed E-state index contributed by atoms with van der Waals surface area (Å²) >= 11 is 0. The molecule has 2 fully saturated rings. The van der Waals surface area contributed by atoms with Crippen LogP contribution in [0.15, 0.2) is 6.07 Å². The Kier molecular flexibility index (Phi) is 3.55. The number of hydrogen-bond donors (Lipinski definition) is 2. The lowest BCUT2D eigenvalue weighted by Gasteiger charge is -2.44. The van der Waals surface area contributed by atoms with E-state index in [1.165, 1.54) is 38.5 Å². The minimum Gasteiger partial charge on any atom is -0.353 e. The molecule has 0 amide bonds. The Bertz CT molecular complexity index is 445. The van der Waals surface area contributed by atoms with Crippen LogP contribution < -0.4 is 16.2 Å². The van der Waals surface area contributed by atoms with Gasteiger partial charge in [0.25, 0.3) is 0 Å². The quantitative estimate of drug-likeness (QED) is 0.631. The Morgan fingerprint density at radius 3 is 2.84 bits per heavy atom. The molecule has 1 aliphatic carbocycles. The first-order valence-corrected chi connectivity index (χ1v) is 7.37. The van der Waals surface area contributed by atoms with Gasteiger partial charge in [-0.2, -0.15) is 0 Å². The number of anilines is 2. The Morgan fingerprint density at radius 1 is 1.21 bits per heavy atom. The molecule has 0 aromatic carbocycles. The number of nitrogens with one attached hydrogen (secondary N) is 1. The molecule has 104 valence electrons. The molecule has 1 saturated carbocycles. The Labute approximate surface area is 114 Å². The SMILES string of the molecule is Cc1nc(NN)cc(N2CCCC3CCCCC32)n1. The summed E-state index contributed by atoms with van der Waals surface area (Å²) in [5.74, 6) is 8.87. The van der Waals surface area contributed by atoms with Gasteiger partial charge in [-0.15, -0.1) is 0 Å². The van der Waals surface area contributed by atoms with E-state index in [0.29, 0.717) is 11.9 Å². The molecule has 1 aromatic rings. The molecule has 1 saturated heterocycles. The smallest absolute Gasteiger partial charge is 0.145 e. The zero-order chi connectivity index (χ0) is 13.2. The number of hydrogen-bond acceptors (Lipinski definition) is 5. The molecule has 19 heavy (non-hydrogen) atoms. The Balaban J connectivity index is 1.89. The fraction of sp³-hybridized carbons (Fsp3) is 0.714. The van der Waals surface area contributed by atoms with E-state index in [4.69, 9.17) is 5.84 Å². The van der Waals surface area contributed by atoms with Crippen molar-refractivity contribution >= 4 is 11.6 Å². The first-order chi connectivity index (χ1) is 9.28. The highest BCUT2D eigenvalue weighted by Crippen LogP contribution is 2.37. The maximum Gasteiger partial charge on any atom is 0.145 e. The van der Waals surface area contributed by atoms with Gasteiger partial charge in [-0.3, -0.25) is 0 Å². The minimum absolute atomic E-state index is 0.669. The van der Waals surface area contributed by atoms with Crippen molar-refractivity contribution in [3.8, 4) is 0 Å². The average molecular weight is 261 g/mol. The number of nitrogens with zero attached hydrogens (tertiary/aromatic N) is 3. The largest absolute Gasteiger partial charge is 0.353 e. The van der Waals surface area contributed by atoms with E-state index in [1.807, 2.05) is 13.0 Å². The van der Waals surface area contributed by atoms with Crippen LogP contribution in [0.5, 0.6) is 0 Å². The van der Waals surface area contributed by atoms with Crippen LogP contribution in [0.1, 0.15) is 44.3 Å². The zero-order valence-electron chi connectivity index (χ0n) is 11.6. The first kappa shape index (κ1) is 12.7. The molecule has 3 N–H and O–H groups in total. The van der Waals surface area contributed by atoms with Crippen molar-refractivity contribution in [2.24, 2.45) is 11.8 Å². The second kappa shape index (κ2) is 5.33. The molecule has 2 atom stereocenters. The highest BCUT2D eigenvalue weighted by molar-refractivity contribution is 5.50. The number of rotatable bonds is 2. The van der Waals surface area contributed by atoms with Gasteiger partial charge in [0.15, 0.2) is 0 Å². The van der Waals surface area contributed by atoms with E-state index in [0.717, 1.165) is 24.1 Å². The highest BCUT2D eigenvalue weighted by atomic mass is 15.3. The number of hydrazine groups is 1. The monoisotopic (exact) mass is 261 g/mol. The number of aryl methyl sites for hydroxylation is 1. The van der Waals surface area contributed by atoms with Gasteiger partial charge in [-0.1, -0.05) is 12.8 Å². The van der Waals surface area contributed by atoms with Gasteiger partial charge in [-0.25, -0.2) is 15.8 Å². The van der Waals surface area contributed by atoms with Crippen molar-refractivity contribution in [2.45, 2.75) is 51.5 Å². The second-order valence-corrected chi connectivity index (χ2v) is 5.75. The van der Waals surface area contributed by atoms with Gasteiger partial charge in [0.05, 0.1) is 0 Å². The number of nitrogen functional groups attached to an aromatic ring is 1. The number of aromatic nitrogens is 2. The second-order valence-electron chi connectivity index (χ2n) is 5.75. The predicted octanol–water partition coefficient (Wildman–Crippen LogP) is 2.23. The molecule has 1 aromatic heterocycles. The van der Waals surface area contributed by atoms with Crippen molar-refractivity contribution < 1.29 is 0 Å². The summed E-state index contributed by atoms with van der Waals surface area (Å²) in [6.07, 6.45) is 8.09. The van der Waals surface area contributed by atoms with Crippen LogP contribution in [0.4, 0.5) is 11.6 Å². The van der Waals surface area contributed by atoms with Crippen molar-refractivity contribution in [3.63, 3.8) is 0 Å². The van der Waals surface area contributed by atoms with Gasteiger partial charge >= 0.3 is 0 Å². The normalized spacial score (nSPS) is 26.9. The Hall–Kier alpha value is -1.36. The first-order valence-electron chi connectivity index (χ1n) is 7.37. The predicted molar refractivity (Wildman–Crippen MR) is 76.9 cm³/mol. The van der Waals surface area contributed by atoms with Gasteiger partial charge in [0.2, 0.25) is 0 Å². The van der Waals surface area contributed by atoms with Crippen molar-refractivity contribution in [1.29, 1.82) is 0 Å². The summed E-state index contributed by atoms with van der Waals surface area (Å²) in [5, 5.41) is 0. The van der Waals surface area contributed by atoms with Crippen molar-refractivity contribution in [3.05, 3.63) is 11.9 Å². The third-order valence-electron chi connectivity index (χ3n) is 4.51. The topological polar surface area (TPSA) is 67.1 Å². The van der Waals surface area contributed by atoms with E-state index in [-0.39, 0.29) is 0 Å². The number of nitrogens with two attached hydrogens (primary N) is 1. The summed E-state index contributed by atoms with van der Waals surface area (Å²) in [4.78, 5) is 11.4. The summed E-state index contributed by atoms with van der Waals surface area (Å²) < 4.78 is 0. The molecule has 1 aliphatic heterocycles. The van der Waals surface area contributed by atoms with Crippen LogP contribution in [-0.4, -0.2) is 22.6 Å². The van der Waals surface area contributed by atoms with Gasteiger partial charge in [-0.05, 0) is 38.5 Å². The molecule has 0 radical (unpaired) electrons. The number of piperidine rings is 1. The van der Waals surface area contributed by atoms with Crippen LogP contribution in [0.25, 0.3) is 0 Å². The third kappa shape index (κ3) is 2.52. The van der Waals surface area contributed by atoms with Crippen LogP contribution in [0.3, 0.4) is 0 Å². The lowest BCUT2D eigenvalue weighted by molar-refractivity contribution is 0.242. The fourth-order valence-electron chi connectivity index (χ4n) is 3.68. The molecule has 0 spiro atoms. The molecule has 2 unspecified atom stereocenters. The molecular formula is C14H23N5. The molecule has 5 nitrogen and oxygen atoms in total. The van der Waals surface area contributed by atoms with E-state index in [2.05, 4.69) is 20.3 Å². The molecule has 2 heterocycles. The number of fused-ring (bicyclic) bond motifs is 1. The molecular weight excluding hydrogens is 238 g/mol. The summed E-state index contributed by atoms with van der Waals surface area (Å²) in [7, 11) is 0. The van der Waals surface area contributed by atoms with E-state index in [9.17, 15) is 0 Å². The van der Waals surface area contributed by atoms with Crippen molar-refractivity contribution in [1.82, 2.24) is 9.97 Å². The summed E-state index contributed by atoms with van der Waals surface area (Å²) in [6.45, 7) is 3.04. The zero-order valence-corrected chi connectivity index (χ0v) is 11.6. The van der Waals surface area contributed by atoms with Crippen LogP contribution in [0, 0.1) is 12.8 Å². The van der Waals surface area contributed by atoms with Crippen molar-refractivity contribution in [2.75, 3.05) is 16.9 Å². The fourth-order valence-corrected chi connectivity index (χ4v) is 3.68. The highest BCUT2D eigenvalue weighted by Gasteiger charge is 2.34. The summed E-state index contributed by atoms with van der Waals surface area (Å²) in [6, 6.07) is 2.65. The van der Waals surface area contributed by atoms with Gasteiger partial charge in [0.1, 0.15) is 17.5 Å². The van der Waals surface area contributed by atoms with E-state index < -0.39 is 0 Å². The van der Waals surface area contributed by atoms with Gasteiger partial charge < -0.3 is 10.3 Å². The lowest BCUT2D eigenvalue weighted by Crippen LogP contribution is -2.47. The van der Waals surface area contributed by atoms with Crippen LogP contribution >= 0.6 is 0 Å². The molecule has 2 aliphatic rings. The standard InChI is InChI=1S/C14H23N5/c1-10-16-13(18-15)9-14(17-10)19-8-4-6-11-5-2-3-7-12(11)19/h9,11-12H,2-8,15H2,1H3,(H,16,17,18). The van der Waals surface area contributed by atoms with Gasteiger partial charge in [0, 0.05) is 18.7 Å². The molecule has 3 rings (SSSR count).